The summed E-state index contributed by atoms with van der Waals surface area (Å²) < 4.78 is 4.40. The number of aromatic nitrogens is 1. The molecule has 74 valence electrons. The summed E-state index contributed by atoms with van der Waals surface area (Å²) in [5.41, 5.74) is 0.254. The first kappa shape index (κ1) is 10.1. The Balaban J connectivity index is 2.95. The van der Waals surface area contributed by atoms with E-state index in [4.69, 9.17) is 0 Å². The van der Waals surface area contributed by atoms with E-state index in [1.807, 2.05) is 0 Å². The number of esters is 1. The van der Waals surface area contributed by atoms with Gasteiger partial charge in [-0.05, 0) is 22.0 Å². The molecule has 0 fully saturated rings. The van der Waals surface area contributed by atoms with Gasteiger partial charge in [0.25, 0.3) is 0 Å². The lowest BCUT2D eigenvalue weighted by Crippen LogP contribution is -2.07. The van der Waals surface area contributed by atoms with Crippen molar-refractivity contribution in [2.45, 2.75) is 6.42 Å². The van der Waals surface area contributed by atoms with E-state index in [2.05, 4.69) is 9.72 Å². The topological polar surface area (TPSA) is 82.3 Å². The number of rotatable bonds is 3. The molecule has 0 saturated heterocycles. The number of ether oxygens (including phenoxy) is 1. The zero-order chi connectivity index (χ0) is 10.6. The van der Waals surface area contributed by atoms with E-state index in [0.717, 1.165) is 0 Å². The minimum absolute atomic E-state index is 0.138. The minimum atomic E-state index is -0.627. The highest BCUT2D eigenvalue weighted by molar-refractivity contribution is 5.73. The van der Waals surface area contributed by atoms with Gasteiger partial charge in [0.05, 0.1) is 19.1 Å². The van der Waals surface area contributed by atoms with Crippen LogP contribution in [0.4, 0.5) is 5.82 Å². The summed E-state index contributed by atoms with van der Waals surface area (Å²) in [6, 6.07) is 3.01. The van der Waals surface area contributed by atoms with Crippen LogP contribution in [0, 0.1) is 10.1 Å². The predicted octanol–water partition coefficient (Wildman–Crippen LogP) is 0.705. The molecule has 0 spiro atoms. The third kappa shape index (κ3) is 2.25. The van der Waals surface area contributed by atoms with Gasteiger partial charge in [0.15, 0.2) is 0 Å². The number of hydrogen-bond acceptors (Lipinski definition) is 5. The molecule has 1 aromatic heterocycles. The molecule has 1 aromatic rings. The molecule has 0 aliphatic carbocycles. The van der Waals surface area contributed by atoms with Gasteiger partial charge in [-0.2, -0.15) is 0 Å². The third-order valence-corrected chi connectivity index (χ3v) is 1.60. The second kappa shape index (κ2) is 4.31. The zero-order valence-electron chi connectivity index (χ0n) is 7.47. The van der Waals surface area contributed by atoms with Crippen molar-refractivity contribution in [3.63, 3.8) is 0 Å². The molecule has 0 radical (unpaired) electrons. The number of carbonyl (C=O) groups is 1. The van der Waals surface area contributed by atoms with Crippen LogP contribution in [-0.4, -0.2) is 23.0 Å². The number of nitro groups is 1. The molecular weight excluding hydrogens is 188 g/mol. The average Bonchev–Trinajstić information content (AvgIpc) is 2.18. The molecule has 6 heteroatoms. The van der Waals surface area contributed by atoms with Crippen LogP contribution in [0.25, 0.3) is 0 Å². The Labute approximate surface area is 79.7 Å². The maximum Gasteiger partial charge on any atom is 0.367 e. The van der Waals surface area contributed by atoms with Gasteiger partial charge in [0.1, 0.15) is 6.20 Å². The van der Waals surface area contributed by atoms with Crippen molar-refractivity contribution in [3.05, 3.63) is 34.0 Å². The van der Waals surface area contributed by atoms with E-state index >= 15 is 0 Å². The van der Waals surface area contributed by atoms with Gasteiger partial charge in [0.2, 0.25) is 0 Å². The number of carbonyl (C=O) groups excluding carboxylic acids is 1. The summed E-state index contributed by atoms with van der Waals surface area (Å²) in [7, 11) is 1.23. The number of hydrogen-bond donors (Lipinski definition) is 0. The first-order valence-corrected chi connectivity index (χ1v) is 3.80. The predicted molar refractivity (Wildman–Crippen MR) is 46.6 cm³/mol. The second-order valence-corrected chi connectivity index (χ2v) is 2.50. The van der Waals surface area contributed by atoms with Crippen molar-refractivity contribution in [2.75, 3.05) is 7.11 Å². The fraction of sp³-hybridized carbons (Fsp3) is 0.250. The Morgan fingerprint density at radius 1 is 1.71 bits per heavy atom. The normalized spacial score (nSPS) is 9.50. The quantitative estimate of drug-likeness (QED) is 0.403. The van der Waals surface area contributed by atoms with Gasteiger partial charge in [0, 0.05) is 0 Å². The summed E-state index contributed by atoms with van der Waals surface area (Å²) in [5.74, 6) is -0.834. The van der Waals surface area contributed by atoms with Crippen molar-refractivity contribution >= 4 is 11.8 Å². The highest BCUT2D eigenvalue weighted by atomic mass is 16.6. The Kier molecular flexibility index (Phi) is 3.11. The molecule has 14 heavy (non-hydrogen) atoms. The molecule has 0 aliphatic heterocycles. The summed E-state index contributed by atoms with van der Waals surface area (Å²) in [5, 5.41) is 10.5. The third-order valence-electron chi connectivity index (χ3n) is 1.60. The lowest BCUT2D eigenvalue weighted by Gasteiger charge is -2.00. The van der Waals surface area contributed by atoms with Crippen molar-refractivity contribution in [3.8, 4) is 0 Å². The maximum absolute atomic E-state index is 10.9. The summed E-state index contributed by atoms with van der Waals surface area (Å²) in [6.45, 7) is 0. The molecule has 0 bridgehead atoms. The van der Waals surface area contributed by atoms with Crippen LogP contribution in [0.15, 0.2) is 18.3 Å². The van der Waals surface area contributed by atoms with E-state index in [1.165, 1.54) is 25.4 Å². The van der Waals surface area contributed by atoms with E-state index in [1.54, 1.807) is 0 Å². The van der Waals surface area contributed by atoms with Crippen LogP contribution in [-0.2, 0) is 16.0 Å². The molecule has 0 atom stereocenters. The number of methoxy groups -OCH3 is 1. The first-order chi connectivity index (χ1) is 6.65. The Morgan fingerprint density at radius 2 is 2.43 bits per heavy atom. The summed E-state index contributed by atoms with van der Waals surface area (Å²) >= 11 is 0. The van der Waals surface area contributed by atoms with E-state index in [9.17, 15) is 14.9 Å². The van der Waals surface area contributed by atoms with Crippen LogP contribution < -0.4 is 0 Å². The zero-order valence-corrected chi connectivity index (χ0v) is 7.47. The average molecular weight is 196 g/mol. The van der Waals surface area contributed by atoms with Crippen LogP contribution in [0.3, 0.4) is 0 Å². The second-order valence-electron chi connectivity index (χ2n) is 2.50. The number of nitrogens with zero attached hydrogens (tertiary/aromatic N) is 2. The van der Waals surface area contributed by atoms with Crippen LogP contribution in [0.5, 0.6) is 0 Å². The SMILES string of the molecule is COC(=O)Cc1cccnc1[N+](=O)[O-]. The van der Waals surface area contributed by atoms with Crippen molar-refractivity contribution in [1.29, 1.82) is 0 Å². The molecule has 0 aliphatic rings. The van der Waals surface area contributed by atoms with Gasteiger partial charge in [-0.25, -0.2) is 0 Å². The molecule has 1 rings (SSSR count). The van der Waals surface area contributed by atoms with E-state index in [-0.39, 0.29) is 17.8 Å². The molecule has 0 aromatic carbocycles. The van der Waals surface area contributed by atoms with Gasteiger partial charge < -0.3 is 14.9 Å². The number of pyridine rings is 1. The highest BCUT2D eigenvalue weighted by Gasteiger charge is 2.16. The van der Waals surface area contributed by atoms with Crippen LogP contribution in [0.1, 0.15) is 5.56 Å². The first-order valence-electron chi connectivity index (χ1n) is 3.80. The van der Waals surface area contributed by atoms with Gasteiger partial charge in [-0.15, -0.1) is 0 Å². The largest absolute Gasteiger partial charge is 0.469 e. The monoisotopic (exact) mass is 196 g/mol. The highest BCUT2D eigenvalue weighted by Crippen LogP contribution is 2.14. The standard InChI is InChI=1S/C8H8N2O4/c1-14-7(11)5-6-3-2-4-9-8(6)10(12)13/h2-4H,5H2,1H3. The molecule has 1 heterocycles. The molecule has 6 nitrogen and oxygen atoms in total. The lowest BCUT2D eigenvalue weighted by molar-refractivity contribution is -0.390. The van der Waals surface area contributed by atoms with Crippen LogP contribution in [0.2, 0.25) is 0 Å². The van der Waals surface area contributed by atoms with Crippen molar-refractivity contribution in [1.82, 2.24) is 4.98 Å². The molecule has 0 unspecified atom stereocenters. The summed E-state index contributed by atoms with van der Waals surface area (Å²) in [4.78, 5) is 24.3. The smallest absolute Gasteiger partial charge is 0.367 e. The summed E-state index contributed by atoms with van der Waals surface area (Å²) in [6.07, 6.45) is 1.17. The fourth-order valence-corrected chi connectivity index (χ4v) is 0.960. The van der Waals surface area contributed by atoms with Crippen molar-refractivity contribution < 1.29 is 14.5 Å². The van der Waals surface area contributed by atoms with Gasteiger partial charge in [-0.1, -0.05) is 0 Å². The Hall–Kier alpha value is -1.98. The fourth-order valence-electron chi connectivity index (χ4n) is 0.960. The molecule has 0 saturated carbocycles. The van der Waals surface area contributed by atoms with E-state index in [0.29, 0.717) is 0 Å². The van der Waals surface area contributed by atoms with Crippen LogP contribution >= 0.6 is 0 Å². The van der Waals surface area contributed by atoms with E-state index < -0.39 is 10.9 Å². The van der Waals surface area contributed by atoms with Gasteiger partial charge in [-0.3, -0.25) is 4.79 Å². The van der Waals surface area contributed by atoms with Crippen molar-refractivity contribution in [2.24, 2.45) is 0 Å². The van der Waals surface area contributed by atoms with Gasteiger partial charge >= 0.3 is 11.8 Å². The Morgan fingerprint density at radius 3 is 3.00 bits per heavy atom. The molecule has 0 amide bonds. The molecular formula is C8H8N2O4. The molecule has 0 N–H and O–H groups in total. The minimum Gasteiger partial charge on any atom is -0.469 e. The Bertz CT molecular complexity index is 364. The lowest BCUT2D eigenvalue weighted by atomic mass is 10.2. The maximum atomic E-state index is 10.9.